The summed E-state index contributed by atoms with van der Waals surface area (Å²) in [5.41, 5.74) is 2.62. The van der Waals surface area contributed by atoms with Crippen molar-refractivity contribution >= 4 is 23.3 Å². The number of hydrogen-bond donors (Lipinski definition) is 1. The first-order chi connectivity index (χ1) is 16.1. The molecule has 2 amide bonds. The van der Waals surface area contributed by atoms with Crippen LogP contribution in [-0.2, 0) is 17.8 Å². The number of nitrogens with zero attached hydrogens (tertiary/aromatic N) is 1. The van der Waals surface area contributed by atoms with Gasteiger partial charge >= 0.3 is 0 Å². The van der Waals surface area contributed by atoms with Crippen molar-refractivity contribution in [1.82, 2.24) is 10.2 Å². The molecular weight excluding hydrogens is 416 g/mol. The Kier molecular flexibility index (Phi) is 8.65. The van der Waals surface area contributed by atoms with Gasteiger partial charge in [-0.05, 0) is 30.2 Å². The van der Waals surface area contributed by atoms with Gasteiger partial charge in [0, 0.05) is 31.6 Å². The predicted octanol–water partition coefficient (Wildman–Crippen LogP) is 4.69. The fourth-order valence-electron chi connectivity index (χ4n) is 3.14. The van der Waals surface area contributed by atoms with Crippen molar-refractivity contribution in [3.8, 4) is 5.75 Å². The van der Waals surface area contributed by atoms with E-state index in [1.165, 1.54) is 10.5 Å². The number of furan rings is 1. The summed E-state index contributed by atoms with van der Waals surface area (Å²) in [6, 6.07) is 27.3. The molecule has 3 aromatic carbocycles. The van der Waals surface area contributed by atoms with Crippen molar-refractivity contribution in [3.05, 3.63) is 102 Å². The maximum absolute atomic E-state index is 12.8. The number of amides is 2. The third-order valence-electron chi connectivity index (χ3n) is 4.78. The molecule has 6 heteroatoms. The first kappa shape index (κ1) is 23.6. The van der Waals surface area contributed by atoms with E-state index in [0.29, 0.717) is 17.9 Å². The second kappa shape index (κ2) is 12.1. The molecule has 0 atom stereocenters. The lowest BCUT2D eigenvalue weighted by atomic mass is 10.1. The molecule has 170 valence electrons. The van der Waals surface area contributed by atoms with Crippen LogP contribution in [0.15, 0.2) is 89.3 Å². The third-order valence-corrected chi connectivity index (χ3v) is 4.78. The summed E-state index contributed by atoms with van der Waals surface area (Å²) >= 11 is 0. The van der Waals surface area contributed by atoms with E-state index in [-0.39, 0.29) is 12.5 Å². The van der Waals surface area contributed by atoms with Crippen molar-refractivity contribution in [3.63, 3.8) is 0 Å². The maximum atomic E-state index is 12.8. The van der Waals surface area contributed by atoms with E-state index in [1.807, 2.05) is 84.9 Å². The van der Waals surface area contributed by atoms with Crippen LogP contribution in [0.1, 0.15) is 21.7 Å². The van der Waals surface area contributed by atoms with Crippen LogP contribution in [0.3, 0.4) is 0 Å². The Balaban J connectivity index is 0.000000555. The molecule has 33 heavy (non-hydrogen) atoms. The molecular formula is C27H28N2O4. The number of benzene rings is 3. The quantitative estimate of drug-likeness (QED) is 0.400. The van der Waals surface area contributed by atoms with Gasteiger partial charge in [0.1, 0.15) is 17.9 Å². The summed E-state index contributed by atoms with van der Waals surface area (Å²) in [5, 5.41) is 3.85. The average Bonchev–Trinajstić information content (AvgIpc) is 3.23. The van der Waals surface area contributed by atoms with Crippen LogP contribution in [0.5, 0.6) is 5.75 Å². The van der Waals surface area contributed by atoms with Crippen molar-refractivity contribution < 1.29 is 18.7 Å². The molecule has 1 aromatic heterocycles. The predicted molar refractivity (Wildman–Crippen MR) is 129 cm³/mol. The largest absolute Gasteiger partial charge is 0.489 e. The summed E-state index contributed by atoms with van der Waals surface area (Å²) in [6.07, 6.45) is 1.52. The monoisotopic (exact) mass is 444 g/mol. The Morgan fingerprint density at radius 2 is 1.55 bits per heavy atom. The number of nitrogens with one attached hydrogen (secondary N) is 1. The van der Waals surface area contributed by atoms with Gasteiger partial charge in [-0.25, -0.2) is 0 Å². The average molecular weight is 445 g/mol. The van der Waals surface area contributed by atoms with Gasteiger partial charge in [0.25, 0.3) is 5.91 Å². The standard InChI is InChI=1S/C24H21NO3.C3H7NO/c26-24(25-16-15-18-9-3-1-4-10-18)23-21(17-27-19-11-5-2-6-12-19)20-13-7-8-14-22(20)28-23;1-4(2)3-5/h1-14H,15-17H2,(H,25,26);3H,1-2H3. The smallest absolute Gasteiger partial charge is 0.287 e. The van der Waals surface area contributed by atoms with Crippen molar-refractivity contribution in [2.45, 2.75) is 13.0 Å². The minimum Gasteiger partial charge on any atom is -0.489 e. The van der Waals surface area contributed by atoms with Crippen LogP contribution in [0.4, 0.5) is 0 Å². The zero-order valence-corrected chi connectivity index (χ0v) is 18.9. The highest BCUT2D eigenvalue weighted by atomic mass is 16.5. The van der Waals surface area contributed by atoms with E-state index in [4.69, 9.17) is 9.15 Å². The van der Waals surface area contributed by atoms with E-state index in [0.717, 1.165) is 29.5 Å². The Bertz CT molecular complexity index is 1150. The third kappa shape index (κ3) is 6.97. The summed E-state index contributed by atoms with van der Waals surface area (Å²) in [4.78, 5) is 23.7. The molecule has 0 aliphatic carbocycles. The van der Waals surface area contributed by atoms with Crippen LogP contribution in [0.25, 0.3) is 11.0 Å². The fraction of sp³-hybridized carbons (Fsp3) is 0.185. The van der Waals surface area contributed by atoms with Crippen LogP contribution < -0.4 is 10.1 Å². The van der Waals surface area contributed by atoms with Crippen molar-refractivity contribution in [2.75, 3.05) is 20.6 Å². The summed E-state index contributed by atoms with van der Waals surface area (Å²) < 4.78 is 11.7. The van der Waals surface area contributed by atoms with E-state index >= 15 is 0 Å². The number of fused-ring (bicyclic) bond motifs is 1. The lowest BCUT2D eigenvalue weighted by molar-refractivity contribution is -0.115. The van der Waals surface area contributed by atoms with E-state index in [9.17, 15) is 9.59 Å². The van der Waals surface area contributed by atoms with Crippen LogP contribution in [0, 0.1) is 0 Å². The molecule has 0 unspecified atom stereocenters. The van der Waals surface area contributed by atoms with Gasteiger partial charge in [-0.1, -0.05) is 66.7 Å². The number of ether oxygens (including phenoxy) is 1. The van der Waals surface area contributed by atoms with Crippen LogP contribution in [-0.4, -0.2) is 37.9 Å². The topological polar surface area (TPSA) is 71.8 Å². The minimum absolute atomic E-state index is 0.223. The van der Waals surface area contributed by atoms with E-state index < -0.39 is 0 Å². The summed E-state index contributed by atoms with van der Waals surface area (Å²) in [6.45, 7) is 0.807. The van der Waals surface area contributed by atoms with Gasteiger partial charge in [-0.15, -0.1) is 0 Å². The zero-order valence-electron chi connectivity index (χ0n) is 18.9. The fourth-order valence-corrected chi connectivity index (χ4v) is 3.14. The first-order valence-electron chi connectivity index (χ1n) is 10.7. The molecule has 0 aliphatic rings. The molecule has 1 N–H and O–H groups in total. The van der Waals surface area contributed by atoms with Crippen LogP contribution >= 0.6 is 0 Å². The Hall–Kier alpha value is -4.06. The highest BCUT2D eigenvalue weighted by Crippen LogP contribution is 2.27. The molecule has 0 bridgehead atoms. The molecule has 6 nitrogen and oxygen atoms in total. The first-order valence-corrected chi connectivity index (χ1v) is 10.7. The lowest BCUT2D eigenvalue weighted by Crippen LogP contribution is -2.26. The van der Waals surface area contributed by atoms with Gasteiger partial charge in [-0.2, -0.15) is 0 Å². The number of carbonyl (C=O) groups excluding carboxylic acids is 2. The van der Waals surface area contributed by atoms with Crippen LogP contribution in [0.2, 0.25) is 0 Å². The normalized spacial score (nSPS) is 10.1. The molecule has 1 heterocycles. The molecule has 0 saturated carbocycles. The Morgan fingerprint density at radius 3 is 2.21 bits per heavy atom. The Morgan fingerprint density at radius 1 is 0.939 bits per heavy atom. The SMILES string of the molecule is CN(C)C=O.O=C(NCCc1ccccc1)c1oc2ccccc2c1COc1ccccc1. The van der Waals surface area contributed by atoms with Gasteiger partial charge in [-0.3, -0.25) is 9.59 Å². The molecule has 0 fully saturated rings. The molecule has 0 saturated heterocycles. The van der Waals surface area contributed by atoms with E-state index in [1.54, 1.807) is 14.1 Å². The summed E-state index contributed by atoms with van der Waals surface area (Å²) in [7, 11) is 3.38. The number of rotatable bonds is 8. The number of carbonyl (C=O) groups is 2. The summed E-state index contributed by atoms with van der Waals surface area (Å²) in [5.74, 6) is 0.840. The van der Waals surface area contributed by atoms with Crippen molar-refractivity contribution in [2.24, 2.45) is 0 Å². The molecule has 4 rings (SSSR count). The Labute approximate surface area is 193 Å². The zero-order chi connectivity index (χ0) is 23.5. The maximum Gasteiger partial charge on any atom is 0.287 e. The second-order valence-corrected chi connectivity index (χ2v) is 7.57. The highest BCUT2D eigenvalue weighted by molar-refractivity contribution is 5.99. The van der Waals surface area contributed by atoms with Gasteiger partial charge in [0.15, 0.2) is 5.76 Å². The van der Waals surface area contributed by atoms with Crippen molar-refractivity contribution in [1.29, 1.82) is 0 Å². The highest BCUT2D eigenvalue weighted by Gasteiger charge is 2.20. The second-order valence-electron chi connectivity index (χ2n) is 7.57. The molecule has 0 spiro atoms. The lowest BCUT2D eigenvalue weighted by Gasteiger charge is -2.08. The number of hydrogen-bond acceptors (Lipinski definition) is 4. The molecule has 0 radical (unpaired) electrons. The van der Waals surface area contributed by atoms with Gasteiger partial charge < -0.3 is 19.4 Å². The molecule has 0 aliphatic heterocycles. The van der Waals surface area contributed by atoms with Gasteiger partial charge in [0.2, 0.25) is 6.41 Å². The number of para-hydroxylation sites is 2. The molecule has 4 aromatic rings. The minimum atomic E-state index is -0.223. The van der Waals surface area contributed by atoms with E-state index in [2.05, 4.69) is 5.32 Å². The van der Waals surface area contributed by atoms with Gasteiger partial charge in [0.05, 0.1) is 0 Å².